The Morgan fingerprint density at radius 1 is 1.33 bits per heavy atom. The summed E-state index contributed by atoms with van der Waals surface area (Å²) in [5.41, 5.74) is 1.17. The Bertz CT molecular complexity index is 322. The monoisotopic (exact) mass is 206 g/mol. The molecule has 0 aliphatic heterocycles. The molecule has 1 aliphatic carbocycles. The molecule has 1 aromatic carbocycles. The van der Waals surface area contributed by atoms with Gasteiger partial charge in [-0.3, -0.25) is 0 Å². The van der Waals surface area contributed by atoms with Crippen LogP contribution in [-0.4, -0.2) is 17.8 Å². The van der Waals surface area contributed by atoms with E-state index in [9.17, 15) is 5.11 Å². The summed E-state index contributed by atoms with van der Waals surface area (Å²) in [5.74, 6) is 1.21. The van der Waals surface area contributed by atoms with Crippen molar-refractivity contribution in [3.05, 3.63) is 29.8 Å². The van der Waals surface area contributed by atoms with Crippen molar-refractivity contribution in [1.29, 1.82) is 0 Å². The van der Waals surface area contributed by atoms with Crippen molar-refractivity contribution in [1.82, 2.24) is 0 Å². The van der Waals surface area contributed by atoms with E-state index in [1.807, 2.05) is 25.1 Å². The summed E-state index contributed by atoms with van der Waals surface area (Å²) in [5, 5.41) is 9.88. The highest BCUT2D eigenvalue weighted by atomic mass is 16.5. The van der Waals surface area contributed by atoms with Gasteiger partial charge in [-0.05, 0) is 31.4 Å². The fourth-order valence-electron chi connectivity index (χ4n) is 2.38. The summed E-state index contributed by atoms with van der Waals surface area (Å²) < 4.78 is 5.59. The van der Waals surface area contributed by atoms with E-state index in [4.69, 9.17) is 4.74 Å². The zero-order valence-electron chi connectivity index (χ0n) is 9.15. The lowest BCUT2D eigenvalue weighted by Crippen LogP contribution is -2.12. The van der Waals surface area contributed by atoms with Gasteiger partial charge >= 0.3 is 0 Å². The van der Waals surface area contributed by atoms with Crippen LogP contribution >= 0.6 is 0 Å². The van der Waals surface area contributed by atoms with Gasteiger partial charge in [-0.1, -0.05) is 24.6 Å². The molecule has 1 N–H and O–H groups in total. The highest BCUT2D eigenvalue weighted by molar-refractivity contribution is 5.37. The van der Waals surface area contributed by atoms with E-state index in [1.54, 1.807) is 0 Å². The minimum atomic E-state index is -0.188. The molecular formula is C13H18O2. The molecule has 1 fully saturated rings. The third-order valence-electron chi connectivity index (χ3n) is 3.10. The highest BCUT2D eigenvalue weighted by Crippen LogP contribution is 2.38. The fraction of sp³-hybridized carbons (Fsp3) is 0.538. The molecular weight excluding hydrogens is 188 g/mol. The minimum Gasteiger partial charge on any atom is -0.494 e. The van der Waals surface area contributed by atoms with Crippen LogP contribution in [0, 0.1) is 0 Å². The molecule has 0 saturated heterocycles. The lowest BCUT2D eigenvalue weighted by atomic mass is 9.95. The smallest absolute Gasteiger partial charge is 0.122 e. The normalized spacial score (nSPS) is 25.5. The van der Waals surface area contributed by atoms with E-state index in [-0.39, 0.29) is 12.0 Å². The predicted molar refractivity (Wildman–Crippen MR) is 60.2 cm³/mol. The van der Waals surface area contributed by atoms with Crippen LogP contribution in [0.3, 0.4) is 0 Å². The molecule has 0 bridgehead atoms. The molecule has 1 aliphatic rings. The van der Waals surface area contributed by atoms with Crippen LogP contribution in [0.5, 0.6) is 5.75 Å². The third-order valence-corrected chi connectivity index (χ3v) is 3.10. The zero-order chi connectivity index (χ0) is 10.7. The van der Waals surface area contributed by atoms with Gasteiger partial charge in [0.25, 0.3) is 0 Å². The lowest BCUT2D eigenvalue weighted by molar-refractivity contribution is 0.162. The van der Waals surface area contributed by atoms with Gasteiger partial charge < -0.3 is 9.84 Å². The first-order chi connectivity index (χ1) is 7.33. The molecule has 2 rings (SSSR count). The van der Waals surface area contributed by atoms with E-state index >= 15 is 0 Å². The molecule has 82 valence electrons. The van der Waals surface area contributed by atoms with E-state index in [0.29, 0.717) is 6.61 Å². The molecule has 0 heterocycles. The third kappa shape index (κ3) is 2.15. The van der Waals surface area contributed by atoms with Crippen LogP contribution in [0.4, 0.5) is 0 Å². The molecule has 1 saturated carbocycles. The Morgan fingerprint density at radius 3 is 2.80 bits per heavy atom. The molecule has 0 amide bonds. The zero-order valence-corrected chi connectivity index (χ0v) is 9.15. The average molecular weight is 206 g/mol. The first-order valence-electron chi connectivity index (χ1n) is 5.72. The maximum atomic E-state index is 9.88. The maximum absolute atomic E-state index is 9.88. The van der Waals surface area contributed by atoms with Gasteiger partial charge in [-0.2, -0.15) is 0 Å². The minimum absolute atomic E-state index is 0.188. The number of aliphatic hydroxyl groups is 1. The molecule has 0 unspecified atom stereocenters. The molecule has 2 atom stereocenters. The summed E-state index contributed by atoms with van der Waals surface area (Å²) in [6.45, 7) is 2.67. The number of hydrogen-bond acceptors (Lipinski definition) is 2. The summed E-state index contributed by atoms with van der Waals surface area (Å²) >= 11 is 0. The molecule has 15 heavy (non-hydrogen) atoms. The van der Waals surface area contributed by atoms with E-state index in [0.717, 1.165) is 25.0 Å². The Morgan fingerprint density at radius 2 is 2.13 bits per heavy atom. The Kier molecular flexibility index (Phi) is 3.27. The molecule has 2 nitrogen and oxygen atoms in total. The quantitative estimate of drug-likeness (QED) is 0.824. The number of benzene rings is 1. The van der Waals surface area contributed by atoms with Crippen molar-refractivity contribution in [2.24, 2.45) is 0 Å². The van der Waals surface area contributed by atoms with E-state index in [2.05, 4.69) is 6.07 Å². The SMILES string of the molecule is CCOc1ccccc1[C@@H]1CCC[C@H]1O. The number of hydrogen-bond donors (Lipinski definition) is 1. The molecule has 2 heteroatoms. The van der Waals surface area contributed by atoms with Crippen molar-refractivity contribution in [2.75, 3.05) is 6.61 Å². The Balaban J connectivity index is 2.25. The van der Waals surface area contributed by atoms with Gasteiger partial charge in [0.15, 0.2) is 0 Å². The van der Waals surface area contributed by atoms with Crippen LogP contribution in [0.2, 0.25) is 0 Å². The van der Waals surface area contributed by atoms with Crippen molar-refractivity contribution >= 4 is 0 Å². The van der Waals surface area contributed by atoms with E-state index < -0.39 is 0 Å². The van der Waals surface area contributed by atoms with Crippen LogP contribution in [-0.2, 0) is 0 Å². The molecule has 0 aromatic heterocycles. The second-order valence-corrected chi connectivity index (χ2v) is 4.08. The van der Waals surface area contributed by atoms with Crippen LogP contribution in [0.15, 0.2) is 24.3 Å². The summed E-state index contributed by atoms with van der Waals surface area (Å²) in [6, 6.07) is 8.06. The lowest BCUT2D eigenvalue weighted by Gasteiger charge is -2.18. The number of para-hydroxylation sites is 1. The second-order valence-electron chi connectivity index (χ2n) is 4.08. The van der Waals surface area contributed by atoms with E-state index in [1.165, 1.54) is 5.56 Å². The van der Waals surface area contributed by atoms with Crippen LogP contribution in [0.25, 0.3) is 0 Å². The van der Waals surface area contributed by atoms with Crippen molar-refractivity contribution in [2.45, 2.75) is 38.2 Å². The van der Waals surface area contributed by atoms with Crippen LogP contribution < -0.4 is 4.74 Å². The van der Waals surface area contributed by atoms with Crippen LogP contribution in [0.1, 0.15) is 37.7 Å². The molecule has 0 spiro atoms. The molecule has 1 aromatic rings. The van der Waals surface area contributed by atoms with Gasteiger partial charge in [0.2, 0.25) is 0 Å². The number of ether oxygens (including phenoxy) is 1. The van der Waals surface area contributed by atoms with Gasteiger partial charge in [0.1, 0.15) is 5.75 Å². The van der Waals surface area contributed by atoms with Gasteiger partial charge in [0, 0.05) is 5.92 Å². The molecule has 0 radical (unpaired) electrons. The highest BCUT2D eigenvalue weighted by Gasteiger charge is 2.28. The topological polar surface area (TPSA) is 29.5 Å². The summed E-state index contributed by atoms with van der Waals surface area (Å²) in [7, 11) is 0. The predicted octanol–water partition coefficient (Wildman–Crippen LogP) is 2.71. The number of rotatable bonds is 3. The van der Waals surface area contributed by atoms with Crippen molar-refractivity contribution in [3.63, 3.8) is 0 Å². The Hall–Kier alpha value is -1.02. The van der Waals surface area contributed by atoms with Gasteiger partial charge in [-0.15, -0.1) is 0 Å². The van der Waals surface area contributed by atoms with Gasteiger partial charge in [0.05, 0.1) is 12.7 Å². The van der Waals surface area contributed by atoms with Crippen molar-refractivity contribution < 1.29 is 9.84 Å². The largest absolute Gasteiger partial charge is 0.494 e. The second kappa shape index (κ2) is 4.67. The first-order valence-corrected chi connectivity index (χ1v) is 5.72. The average Bonchev–Trinajstić information content (AvgIpc) is 2.66. The Labute approximate surface area is 90.9 Å². The standard InChI is InChI=1S/C13H18O2/c1-2-15-13-9-4-3-6-11(13)10-7-5-8-12(10)14/h3-4,6,9-10,12,14H,2,5,7-8H2,1H3/t10-,12+/m0/s1. The maximum Gasteiger partial charge on any atom is 0.122 e. The first kappa shape index (κ1) is 10.5. The number of aliphatic hydroxyl groups excluding tert-OH is 1. The van der Waals surface area contributed by atoms with Crippen molar-refractivity contribution in [3.8, 4) is 5.75 Å². The summed E-state index contributed by atoms with van der Waals surface area (Å²) in [6.07, 6.45) is 2.93. The fourth-order valence-corrected chi connectivity index (χ4v) is 2.38. The summed E-state index contributed by atoms with van der Waals surface area (Å²) in [4.78, 5) is 0. The van der Waals surface area contributed by atoms with Gasteiger partial charge in [-0.25, -0.2) is 0 Å².